The van der Waals surface area contributed by atoms with Crippen LogP contribution in [0.25, 0.3) is 0 Å². The second kappa shape index (κ2) is 6.89. The molecule has 0 spiro atoms. The van der Waals surface area contributed by atoms with Gasteiger partial charge in [-0.1, -0.05) is 43.2 Å². The largest absolute Gasteiger partial charge is 0.465 e. The Balaban J connectivity index is 1.75. The van der Waals surface area contributed by atoms with Gasteiger partial charge in [0, 0.05) is 6.04 Å². The maximum absolute atomic E-state index is 12.2. The summed E-state index contributed by atoms with van der Waals surface area (Å²) in [5.41, 5.74) is 6.91. The third-order valence-electron chi connectivity index (χ3n) is 4.43. The van der Waals surface area contributed by atoms with Crippen molar-refractivity contribution in [2.45, 2.75) is 51.5 Å². The van der Waals surface area contributed by atoms with Crippen LogP contribution in [0, 0.1) is 5.41 Å². The van der Waals surface area contributed by atoms with Crippen molar-refractivity contribution in [1.82, 2.24) is 0 Å². The van der Waals surface area contributed by atoms with Crippen molar-refractivity contribution in [1.29, 1.82) is 0 Å². The second-order valence-corrected chi connectivity index (χ2v) is 5.99. The fraction of sp³-hybridized carbons (Fsp3) is 0.588. The Hall–Kier alpha value is -1.35. The molecule has 2 rings (SSSR count). The first-order chi connectivity index (χ1) is 9.63. The number of carbonyl (C=O) groups is 1. The molecular weight excluding hydrogens is 250 g/mol. The third-order valence-corrected chi connectivity index (χ3v) is 4.43. The Labute approximate surface area is 121 Å². The Morgan fingerprint density at radius 3 is 2.80 bits per heavy atom. The fourth-order valence-corrected chi connectivity index (χ4v) is 2.86. The van der Waals surface area contributed by atoms with E-state index in [-0.39, 0.29) is 12.0 Å². The SMILES string of the molecule is CC1(C(=O)OCCCc2ccccc2)CCCCC1N. The molecule has 1 aliphatic carbocycles. The maximum atomic E-state index is 12.2. The Bertz CT molecular complexity index is 432. The van der Waals surface area contributed by atoms with Crippen LogP contribution in [0.4, 0.5) is 0 Å². The van der Waals surface area contributed by atoms with E-state index in [2.05, 4.69) is 12.1 Å². The molecule has 1 aliphatic rings. The Kier molecular flexibility index (Phi) is 5.18. The molecule has 2 atom stereocenters. The molecule has 3 heteroatoms. The van der Waals surface area contributed by atoms with Crippen molar-refractivity contribution >= 4 is 5.97 Å². The van der Waals surface area contributed by atoms with Gasteiger partial charge in [0.25, 0.3) is 0 Å². The number of carbonyl (C=O) groups excluding carboxylic acids is 1. The molecule has 0 heterocycles. The van der Waals surface area contributed by atoms with Gasteiger partial charge in [0.05, 0.1) is 12.0 Å². The highest BCUT2D eigenvalue weighted by Crippen LogP contribution is 2.36. The third kappa shape index (κ3) is 3.60. The lowest BCUT2D eigenvalue weighted by molar-refractivity contribution is -0.158. The molecule has 2 unspecified atom stereocenters. The highest BCUT2D eigenvalue weighted by molar-refractivity contribution is 5.77. The van der Waals surface area contributed by atoms with E-state index in [1.165, 1.54) is 5.56 Å². The average molecular weight is 275 g/mol. The lowest BCUT2D eigenvalue weighted by Gasteiger charge is -2.36. The zero-order chi connectivity index (χ0) is 14.4. The van der Waals surface area contributed by atoms with Crippen LogP contribution in [0.5, 0.6) is 0 Å². The van der Waals surface area contributed by atoms with E-state index in [0.29, 0.717) is 6.61 Å². The van der Waals surface area contributed by atoms with Crippen LogP contribution < -0.4 is 5.73 Å². The monoisotopic (exact) mass is 275 g/mol. The smallest absolute Gasteiger partial charge is 0.313 e. The molecule has 1 aromatic carbocycles. The summed E-state index contributed by atoms with van der Waals surface area (Å²) in [5.74, 6) is -0.113. The average Bonchev–Trinajstić information content (AvgIpc) is 2.47. The fourth-order valence-electron chi connectivity index (χ4n) is 2.86. The molecule has 1 fully saturated rings. The summed E-state index contributed by atoms with van der Waals surface area (Å²) >= 11 is 0. The summed E-state index contributed by atoms with van der Waals surface area (Å²) in [5, 5.41) is 0. The predicted molar refractivity (Wildman–Crippen MR) is 80.3 cm³/mol. The topological polar surface area (TPSA) is 52.3 Å². The van der Waals surface area contributed by atoms with Gasteiger partial charge in [-0.3, -0.25) is 4.79 Å². The van der Waals surface area contributed by atoms with Crippen LogP contribution in [-0.2, 0) is 16.0 Å². The van der Waals surface area contributed by atoms with Gasteiger partial charge < -0.3 is 10.5 Å². The number of esters is 1. The lowest BCUT2D eigenvalue weighted by Crippen LogP contribution is -2.48. The number of aryl methyl sites for hydroxylation is 1. The summed E-state index contributed by atoms with van der Waals surface area (Å²) in [6.07, 6.45) is 5.78. The number of hydrogen-bond acceptors (Lipinski definition) is 3. The number of nitrogens with two attached hydrogens (primary N) is 1. The van der Waals surface area contributed by atoms with Gasteiger partial charge in [-0.15, -0.1) is 0 Å². The van der Waals surface area contributed by atoms with Crippen molar-refractivity contribution in [2.75, 3.05) is 6.61 Å². The first kappa shape index (κ1) is 15.0. The quantitative estimate of drug-likeness (QED) is 0.663. The summed E-state index contributed by atoms with van der Waals surface area (Å²) in [6, 6.07) is 10.2. The molecule has 0 saturated heterocycles. The first-order valence-electron chi connectivity index (χ1n) is 7.59. The van der Waals surface area contributed by atoms with Gasteiger partial charge in [0.15, 0.2) is 0 Å². The minimum absolute atomic E-state index is 0.0575. The van der Waals surface area contributed by atoms with Crippen molar-refractivity contribution < 1.29 is 9.53 Å². The summed E-state index contributed by atoms with van der Waals surface area (Å²) in [7, 11) is 0. The van der Waals surface area contributed by atoms with Crippen LogP contribution in [0.3, 0.4) is 0 Å². The van der Waals surface area contributed by atoms with E-state index in [1.54, 1.807) is 0 Å². The van der Waals surface area contributed by atoms with Gasteiger partial charge in [0.1, 0.15) is 0 Å². The lowest BCUT2D eigenvalue weighted by atomic mass is 9.72. The van der Waals surface area contributed by atoms with Crippen molar-refractivity contribution in [3.8, 4) is 0 Å². The van der Waals surface area contributed by atoms with Crippen LogP contribution in [0.1, 0.15) is 44.6 Å². The van der Waals surface area contributed by atoms with Gasteiger partial charge >= 0.3 is 5.97 Å². The molecule has 0 aliphatic heterocycles. The van der Waals surface area contributed by atoms with E-state index in [9.17, 15) is 4.79 Å². The molecule has 0 radical (unpaired) electrons. The molecule has 1 aromatic rings. The molecule has 1 saturated carbocycles. The van der Waals surface area contributed by atoms with E-state index in [4.69, 9.17) is 10.5 Å². The van der Waals surface area contributed by atoms with E-state index in [0.717, 1.165) is 38.5 Å². The minimum atomic E-state index is -0.481. The summed E-state index contributed by atoms with van der Waals surface area (Å²) in [6.45, 7) is 2.44. The second-order valence-electron chi connectivity index (χ2n) is 5.99. The Morgan fingerprint density at radius 2 is 2.10 bits per heavy atom. The molecule has 3 nitrogen and oxygen atoms in total. The normalized spacial score (nSPS) is 26.2. The van der Waals surface area contributed by atoms with Crippen LogP contribution in [0.2, 0.25) is 0 Å². The molecule has 2 N–H and O–H groups in total. The zero-order valence-corrected chi connectivity index (χ0v) is 12.3. The van der Waals surface area contributed by atoms with Crippen molar-refractivity contribution in [3.05, 3.63) is 35.9 Å². The summed E-state index contributed by atoms with van der Waals surface area (Å²) < 4.78 is 5.46. The number of benzene rings is 1. The number of rotatable bonds is 5. The van der Waals surface area contributed by atoms with Crippen molar-refractivity contribution in [2.24, 2.45) is 11.1 Å². The minimum Gasteiger partial charge on any atom is -0.465 e. The first-order valence-corrected chi connectivity index (χ1v) is 7.59. The summed E-state index contributed by atoms with van der Waals surface area (Å²) in [4.78, 5) is 12.2. The molecule has 0 aromatic heterocycles. The van der Waals surface area contributed by atoms with E-state index in [1.807, 2.05) is 25.1 Å². The van der Waals surface area contributed by atoms with E-state index >= 15 is 0 Å². The zero-order valence-electron chi connectivity index (χ0n) is 12.3. The van der Waals surface area contributed by atoms with Gasteiger partial charge in [0.2, 0.25) is 0 Å². The molecule has 20 heavy (non-hydrogen) atoms. The van der Waals surface area contributed by atoms with Crippen molar-refractivity contribution in [3.63, 3.8) is 0 Å². The Morgan fingerprint density at radius 1 is 1.35 bits per heavy atom. The number of ether oxygens (including phenoxy) is 1. The van der Waals surface area contributed by atoms with Crippen LogP contribution in [-0.4, -0.2) is 18.6 Å². The predicted octanol–water partition coefficient (Wildman–Crippen LogP) is 3.07. The molecule has 0 bridgehead atoms. The number of hydrogen-bond donors (Lipinski definition) is 1. The standard InChI is InChI=1S/C17H25NO2/c1-17(12-6-5-11-15(17)18)16(19)20-13-7-10-14-8-3-2-4-9-14/h2-4,8-9,15H,5-7,10-13,18H2,1H3. The van der Waals surface area contributed by atoms with Crippen LogP contribution in [0.15, 0.2) is 30.3 Å². The molecule has 0 amide bonds. The van der Waals surface area contributed by atoms with Gasteiger partial charge in [-0.05, 0) is 38.2 Å². The van der Waals surface area contributed by atoms with Gasteiger partial charge in [-0.2, -0.15) is 0 Å². The van der Waals surface area contributed by atoms with Gasteiger partial charge in [-0.25, -0.2) is 0 Å². The highest BCUT2D eigenvalue weighted by atomic mass is 16.5. The van der Waals surface area contributed by atoms with E-state index < -0.39 is 5.41 Å². The highest BCUT2D eigenvalue weighted by Gasteiger charge is 2.42. The molecule has 110 valence electrons. The maximum Gasteiger partial charge on any atom is 0.313 e. The van der Waals surface area contributed by atoms with Crippen LogP contribution >= 0.6 is 0 Å². The molecular formula is C17H25NO2.